The standard InChI is InChI=1S/C17H32N2O4/c1-7-9-10-13(20)11-18-15(21)14(12(3)8-2)19-16(22)23-17(4,5)6/h12,14H,7-11H2,1-6H3,(H,18,21)(H,19,22). The van der Waals surface area contributed by atoms with Crippen LogP contribution in [0.2, 0.25) is 0 Å². The van der Waals surface area contributed by atoms with E-state index in [0.29, 0.717) is 6.42 Å². The minimum Gasteiger partial charge on any atom is -0.444 e. The second-order valence-corrected chi connectivity index (χ2v) is 6.87. The van der Waals surface area contributed by atoms with Crippen LogP contribution in [-0.2, 0) is 14.3 Å². The van der Waals surface area contributed by atoms with E-state index in [1.165, 1.54) is 0 Å². The number of hydrogen-bond donors (Lipinski definition) is 2. The fourth-order valence-electron chi connectivity index (χ4n) is 1.89. The van der Waals surface area contributed by atoms with Gasteiger partial charge in [0.05, 0.1) is 6.54 Å². The summed E-state index contributed by atoms with van der Waals surface area (Å²) in [6.45, 7) is 11.1. The smallest absolute Gasteiger partial charge is 0.408 e. The average molecular weight is 328 g/mol. The molecule has 0 saturated heterocycles. The molecule has 0 aromatic heterocycles. The molecule has 0 aromatic carbocycles. The molecule has 0 aromatic rings. The number of unbranched alkanes of at least 4 members (excludes halogenated alkanes) is 1. The molecule has 0 aliphatic heterocycles. The molecule has 6 nitrogen and oxygen atoms in total. The van der Waals surface area contributed by atoms with Crippen molar-refractivity contribution in [2.45, 2.75) is 78.9 Å². The van der Waals surface area contributed by atoms with Gasteiger partial charge >= 0.3 is 6.09 Å². The number of amides is 2. The molecule has 0 fully saturated rings. The van der Waals surface area contributed by atoms with Crippen molar-refractivity contribution in [2.24, 2.45) is 5.92 Å². The highest BCUT2D eigenvalue weighted by atomic mass is 16.6. The van der Waals surface area contributed by atoms with Gasteiger partial charge in [0.15, 0.2) is 5.78 Å². The Balaban J connectivity index is 4.62. The molecule has 2 amide bonds. The maximum atomic E-state index is 12.3. The Morgan fingerprint density at radius 1 is 1.13 bits per heavy atom. The molecule has 0 aliphatic rings. The minimum atomic E-state index is -0.714. The van der Waals surface area contributed by atoms with Gasteiger partial charge < -0.3 is 15.4 Å². The molecule has 0 heterocycles. The van der Waals surface area contributed by atoms with Gasteiger partial charge in [0.25, 0.3) is 0 Å². The number of hydrogen-bond acceptors (Lipinski definition) is 4. The van der Waals surface area contributed by atoms with Crippen LogP contribution in [-0.4, -0.2) is 36.0 Å². The van der Waals surface area contributed by atoms with Crippen LogP contribution in [0.15, 0.2) is 0 Å². The van der Waals surface area contributed by atoms with Crippen LogP contribution in [0, 0.1) is 5.92 Å². The van der Waals surface area contributed by atoms with Gasteiger partial charge in [-0.05, 0) is 33.1 Å². The van der Waals surface area contributed by atoms with E-state index in [-0.39, 0.29) is 24.2 Å². The van der Waals surface area contributed by atoms with Crippen LogP contribution in [0.25, 0.3) is 0 Å². The number of rotatable bonds is 9. The average Bonchev–Trinajstić information content (AvgIpc) is 2.45. The summed E-state index contributed by atoms with van der Waals surface area (Å²) in [6.07, 6.45) is 2.31. The van der Waals surface area contributed by atoms with E-state index >= 15 is 0 Å². The summed E-state index contributed by atoms with van der Waals surface area (Å²) in [6, 6.07) is -0.714. The summed E-state index contributed by atoms with van der Waals surface area (Å²) in [5.74, 6) is -0.413. The molecule has 0 rings (SSSR count). The van der Waals surface area contributed by atoms with Crippen LogP contribution in [0.5, 0.6) is 0 Å². The zero-order valence-corrected chi connectivity index (χ0v) is 15.3. The summed E-state index contributed by atoms with van der Waals surface area (Å²) < 4.78 is 5.19. The summed E-state index contributed by atoms with van der Waals surface area (Å²) in [5.41, 5.74) is -0.628. The van der Waals surface area contributed by atoms with Crippen LogP contribution in [0.4, 0.5) is 4.79 Å². The maximum absolute atomic E-state index is 12.3. The van der Waals surface area contributed by atoms with E-state index in [0.717, 1.165) is 19.3 Å². The molecule has 0 saturated carbocycles. The number of Topliss-reactive ketones (excluding diaryl/α,β-unsaturated/α-hetero) is 1. The quantitative estimate of drug-likeness (QED) is 0.681. The van der Waals surface area contributed by atoms with Gasteiger partial charge in [0.1, 0.15) is 11.6 Å². The summed E-state index contributed by atoms with van der Waals surface area (Å²) in [7, 11) is 0. The molecule has 0 spiro atoms. The van der Waals surface area contributed by atoms with Crippen LogP contribution in [0.3, 0.4) is 0 Å². The highest BCUT2D eigenvalue weighted by molar-refractivity contribution is 5.90. The van der Waals surface area contributed by atoms with Crippen molar-refractivity contribution in [1.82, 2.24) is 10.6 Å². The number of carbonyl (C=O) groups is 3. The molecule has 23 heavy (non-hydrogen) atoms. The lowest BCUT2D eigenvalue weighted by atomic mass is 9.98. The third-order valence-corrected chi connectivity index (χ3v) is 3.44. The SMILES string of the molecule is CCCCC(=O)CNC(=O)C(NC(=O)OC(C)(C)C)C(C)CC. The van der Waals surface area contributed by atoms with Crippen molar-refractivity contribution in [1.29, 1.82) is 0 Å². The van der Waals surface area contributed by atoms with Crippen molar-refractivity contribution >= 4 is 17.8 Å². The number of alkyl carbamates (subject to hydrolysis) is 1. The van der Waals surface area contributed by atoms with Gasteiger partial charge in [-0.15, -0.1) is 0 Å². The summed E-state index contributed by atoms with van der Waals surface area (Å²) >= 11 is 0. The van der Waals surface area contributed by atoms with Gasteiger partial charge in [-0.2, -0.15) is 0 Å². The van der Waals surface area contributed by atoms with Crippen molar-refractivity contribution in [3.05, 3.63) is 0 Å². The summed E-state index contributed by atoms with van der Waals surface area (Å²) in [4.78, 5) is 35.8. The monoisotopic (exact) mass is 328 g/mol. The van der Waals surface area contributed by atoms with Gasteiger partial charge in [0.2, 0.25) is 5.91 Å². The van der Waals surface area contributed by atoms with E-state index in [1.54, 1.807) is 20.8 Å². The minimum absolute atomic E-state index is 0.000342. The van der Waals surface area contributed by atoms with Crippen LogP contribution >= 0.6 is 0 Å². The third kappa shape index (κ3) is 9.92. The lowest BCUT2D eigenvalue weighted by Crippen LogP contribution is -2.52. The number of nitrogens with one attached hydrogen (secondary N) is 2. The normalized spacial score (nSPS) is 13.8. The zero-order chi connectivity index (χ0) is 18.0. The molecule has 0 bridgehead atoms. The van der Waals surface area contributed by atoms with Crippen molar-refractivity contribution < 1.29 is 19.1 Å². The van der Waals surface area contributed by atoms with Gasteiger partial charge in [-0.25, -0.2) is 4.79 Å². The number of ketones is 1. The fraction of sp³-hybridized carbons (Fsp3) is 0.824. The van der Waals surface area contributed by atoms with E-state index < -0.39 is 17.7 Å². The van der Waals surface area contributed by atoms with E-state index in [9.17, 15) is 14.4 Å². The van der Waals surface area contributed by atoms with Gasteiger partial charge in [-0.3, -0.25) is 9.59 Å². The van der Waals surface area contributed by atoms with Gasteiger partial charge in [0, 0.05) is 6.42 Å². The highest BCUT2D eigenvalue weighted by Gasteiger charge is 2.28. The largest absolute Gasteiger partial charge is 0.444 e. The molecule has 2 unspecified atom stereocenters. The third-order valence-electron chi connectivity index (χ3n) is 3.44. The highest BCUT2D eigenvalue weighted by Crippen LogP contribution is 2.11. The van der Waals surface area contributed by atoms with Crippen molar-refractivity contribution in [3.63, 3.8) is 0 Å². The Hall–Kier alpha value is -1.59. The molecular weight excluding hydrogens is 296 g/mol. The lowest BCUT2D eigenvalue weighted by molar-refractivity contribution is -0.127. The molecule has 134 valence electrons. The number of ether oxygens (including phenoxy) is 1. The van der Waals surface area contributed by atoms with E-state index in [4.69, 9.17) is 4.74 Å². The first kappa shape index (κ1) is 21.4. The van der Waals surface area contributed by atoms with E-state index in [1.807, 2.05) is 20.8 Å². The zero-order valence-electron chi connectivity index (χ0n) is 15.3. The molecule has 6 heteroatoms. The maximum Gasteiger partial charge on any atom is 0.408 e. The second-order valence-electron chi connectivity index (χ2n) is 6.87. The van der Waals surface area contributed by atoms with Crippen LogP contribution in [0.1, 0.15) is 67.2 Å². The lowest BCUT2D eigenvalue weighted by Gasteiger charge is -2.26. The molecule has 2 atom stereocenters. The Morgan fingerprint density at radius 2 is 1.74 bits per heavy atom. The predicted octanol–water partition coefficient (Wildman–Crippen LogP) is 2.80. The first-order valence-electron chi connectivity index (χ1n) is 8.39. The van der Waals surface area contributed by atoms with Gasteiger partial charge in [-0.1, -0.05) is 33.6 Å². The molecule has 2 N–H and O–H groups in total. The summed E-state index contributed by atoms with van der Waals surface area (Å²) in [5, 5.41) is 5.22. The molecular formula is C17H32N2O4. The Morgan fingerprint density at radius 3 is 2.22 bits per heavy atom. The second kappa shape index (κ2) is 10.2. The Bertz CT molecular complexity index is 402. The van der Waals surface area contributed by atoms with Crippen LogP contribution < -0.4 is 10.6 Å². The van der Waals surface area contributed by atoms with Crippen molar-refractivity contribution in [3.8, 4) is 0 Å². The molecule has 0 radical (unpaired) electrons. The Labute approximate surface area is 139 Å². The van der Waals surface area contributed by atoms with Crippen molar-refractivity contribution in [2.75, 3.05) is 6.54 Å². The topological polar surface area (TPSA) is 84.5 Å². The first-order valence-corrected chi connectivity index (χ1v) is 8.39. The fourth-order valence-corrected chi connectivity index (χ4v) is 1.89. The Kier molecular flexibility index (Phi) is 9.53. The number of carbonyl (C=O) groups excluding carboxylic acids is 3. The molecule has 0 aliphatic carbocycles. The first-order chi connectivity index (χ1) is 10.6. The van der Waals surface area contributed by atoms with E-state index in [2.05, 4.69) is 10.6 Å². The predicted molar refractivity (Wildman–Crippen MR) is 90.2 cm³/mol.